The number of nitrogens with zero attached hydrogens (tertiary/aromatic N) is 4. The first-order chi connectivity index (χ1) is 12.8. The van der Waals surface area contributed by atoms with Crippen molar-refractivity contribution >= 4 is 33.7 Å². The summed E-state index contributed by atoms with van der Waals surface area (Å²) in [4.78, 5) is 38.8. The van der Waals surface area contributed by atoms with Crippen molar-refractivity contribution in [3.8, 4) is 0 Å². The molecule has 0 spiro atoms. The molecule has 0 bridgehead atoms. The molecule has 0 saturated carbocycles. The lowest BCUT2D eigenvalue weighted by molar-refractivity contribution is -0.142. The van der Waals surface area contributed by atoms with Crippen LogP contribution in [0.15, 0.2) is 29.1 Å². The molecule has 1 aliphatic rings. The highest BCUT2D eigenvalue weighted by atomic mass is 79.9. The Hall–Kier alpha value is -2.62. The number of halogens is 1. The second-order valence-electron chi connectivity index (χ2n) is 6.64. The Bertz CT molecular complexity index is 889. The van der Waals surface area contributed by atoms with Gasteiger partial charge in [-0.3, -0.25) is 29.9 Å². The lowest BCUT2D eigenvalue weighted by Gasteiger charge is -2.37. The molecule has 2 unspecified atom stereocenters. The summed E-state index contributed by atoms with van der Waals surface area (Å²) in [5.41, 5.74) is 6.13. The van der Waals surface area contributed by atoms with Gasteiger partial charge in [-0.1, -0.05) is 0 Å². The highest BCUT2D eigenvalue weighted by molar-refractivity contribution is 9.10. The third-order valence-corrected chi connectivity index (χ3v) is 5.20. The maximum atomic E-state index is 12.8. The van der Waals surface area contributed by atoms with Crippen LogP contribution in [0.25, 0.3) is 0 Å². The zero-order valence-electron chi connectivity index (χ0n) is 15.3. The van der Waals surface area contributed by atoms with Crippen LogP contribution in [0.3, 0.4) is 0 Å². The molecule has 2 N–H and O–H groups in total. The van der Waals surface area contributed by atoms with E-state index in [1.54, 1.807) is 59.9 Å². The number of hydrazine groups is 1. The molecule has 10 heteroatoms. The van der Waals surface area contributed by atoms with Gasteiger partial charge in [0, 0.05) is 50.0 Å². The van der Waals surface area contributed by atoms with Crippen LogP contribution in [0.4, 0.5) is 0 Å². The molecule has 0 radical (unpaired) electrons. The second kappa shape index (κ2) is 7.55. The van der Waals surface area contributed by atoms with Gasteiger partial charge in [-0.2, -0.15) is 5.10 Å². The molecule has 144 valence electrons. The van der Waals surface area contributed by atoms with E-state index in [4.69, 9.17) is 0 Å². The predicted molar refractivity (Wildman–Crippen MR) is 100 cm³/mol. The largest absolute Gasteiger partial charge is 0.345 e. The first kappa shape index (κ1) is 19.2. The minimum atomic E-state index is -0.489. The van der Waals surface area contributed by atoms with Gasteiger partial charge >= 0.3 is 0 Å². The molecule has 3 heterocycles. The zero-order chi connectivity index (χ0) is 19.7. The maximum absolute atomic E-state index is 12.8. The van der Waals surface area contributed by atoms with Crippen molar-refractivity contribution in [3.63, 3.8) is 0 Å². The summed E-state index contributed by atoms with van der Waals surface area (Å²) in [6.45, 7) is 0. The predicted octanol–water partition coefficient (Wildman–Crippen LogP) is 0.892. The minimum Gasteiger partial charge on any atom is -0.345 e. The average molecular weight is 437 g/mol. The number of rotatable bonds is 3. The van der Waals surface area contributed by atoms with Gasteiger partial charge < -0.3 is 9.47 Å². The van der Waals surface area contributed by atoms with Gasteiger partial charge in [0.1, 0.15) is 5.69 Å². The summed E-state index contributed by atoms with van der Waals surface area (Å²) >= 11 is 3.31. The first-order valence-corrected chi connectivity index (χ1v) is 9.23. The molecule has 2 aromatic rings. The number of hydrogen-bond donors (Lipinski definition) is 2. The van der Waals surface area contributed by atoms with Crippen molar-refractivity contribution in [2.45, 2.75) is 18.9 Å². The third-order valence-electron chi connectivity index (χ3n) is 4.77. The summed E-state index contributed by atoms with van der Waals surface area (Å²) in [7, 11) is 5.20. The maximum Gasteiger partial charge on any atom is 0.286 e. The normalized spacial score (nSPS) is 19.9. The fraction of sp³-hybridized carbons (Fsp3) is 0.412. The van der Waals surface area contributed by atoms with E-state index in [0.29, 0.717) is 12.1 Å². The SMILES string of the molecule is CN1C(=O)CCC(C(=O)NNC(=O)c2cc(Br)cn2C)C1c1cnn(C)c1. The van der Waals surface area contributed by atoms with E-state index >= 15 is 0 Å². The van der Waals surface area contributed by atoms with E-state index in [1.807, 2.05) is 0 Å². The number of aryl methyl sites for hydroxylation is 2. The quantitative estimate of drug-likeness (QED) is 0.697. The Morgan fingerprint density at radius 2 is 1.96 bits per heavy atom. The number of hydrogen-bond acceptors (Lipinski definition) is 4. The summed E-state index contributed by atoms with van der Waals surface area (Å²) < 4.78 is 4.05. The van der Waals surface area contributed by atoms with Crippen molar-refractivity contribution in [2.75, 3.05) is 7.05 Å². The summed E-state index contributed by atoms with van der Waals surface area (Å²) in [5.74, 6) is -1.28. The number of nitrogens with one attached hydrogen (secondary N) is 2. The molecule has 0 aliphatic carbocycles. The van der Waals surface area contributed by atoms with E-state index in [-0.39, 0.29) is 18.2 Å². The highest BCUT2D eigenvalue weighted by Crippen LogP contribution is 2.35. The molecular weight excluding hydrogens is 416 g/mol. The van der Waals surface area contributed by atoms with Crippen molar-refractivity contribution in [1.29, 1.82) is 0 Å². The Balaban J connectivity index is 1.72. The van der Waals surface area contributed by atoms with Gasteiger partial charge in [-0.15, -0.1) is 0 Å². The van der Waals surface area contributed by atoms with Crippen molar-refractivity contribution in [1.82, 2.24) is 30.1 Å². The Labute approximate surface area is 164 Å². The van der Waals surface area contributed by atoms with Crippen LogP contribution in [0.2, 0.25) is 0 Å². The summed E-state index contributed by atoms with van der Waals surface area (Å²) in [5, 5.41) is 4.14. The first-order valence-electron chi connectivity index (χ1n) is 8.44. The van der Waals surface area contributed by atoms with Gasteiger partial charge in [0.2, 0.25) is 11.8 Å². The van der Waals surface area contributed by atoms with Crippen LogP contribution in [0, 0.1) is 5.92 Å². The molecule has 1 fully saturated rings. The van der Waals surface area contributed by atoms with E-state index in [9.17, 15) is 14.4 Å². The number of piperidine rings is 1. The second-order valence-corrected chi connectivity index (χ2v) is 7.56. The van der Waals surface area contributed by atoms with Crippen molar-refractivity contribution in [3.05, 3.63) is 40.4 Å². The fourth-order valence-electron chi connectivity index (χ4n) is 3.39. The van der Waals surface area contributed by atoms with Gasteiger partial charge in [0.25, 0.3) is 5.91 Å². The molecule has 0 aromatic carbocycles. The molecule has 1 aliphatic heterocycles. The van der Waals surface area contributed by atoms with Gasteiger partial charge in [-0.25, -0.2) is 0 Å². The van der Waals surface area contributed by atoms with Gasteiger partial charge in [0.05, 0.1) is 18.2 Å². The molecule has 9 nitrogen and oxygen atoms in total. The van der Waals surface area contributed by atoms with Crippen LogP contribution in [0.1, 0.15) is 34.9 Å². The van der Waals surface area contributed by atoms with Crippen LogP contribution in [-0.4, -0.2) is 44.0 Å². The van der Waals surface area contributed by atoms with Crippen LogP contribution in [0.5, 0.6) is 0 Å². The standard InChI is InChI=1S/C17H21BrN6O3/c1-22-9-11(18)6-13(22)17(27)21-20-16(26)12-4-5-14(25)24(3)15(12)10-7-19-23(2)8-10/h6-9,12,15H,4-5H2,1-3H3,(H,20,26)(H,21,27). The fourth-order valence-corrected chi connectivity index (χ4v) is 3.91. The third kappa shape index (κ3) is 3.90. The number of aromatic nitrogens is 3. The van der Waals surface area contributed by atoms with E-state index in [0.717, 1.165) is 10.0 Å². The van der Waals surface area contributed by atoms with Crippen molar-refractivity contribution < 1.29 is 14.4 Å². The number of carbonyl (C=O) groups is 3. The van der Waals surface area contributed by atoms with Crippen LogP contribution < -0.4 is 10.9 Å². The van der Waals surface area contributed by atoms with Crippen molar-refractivity contribution in [2.24, 2.45) is 20.0 Å². The molecule has 2 aromatic heterocycles. The molecule has 2 atom stereocenters. The number of carbonyl (C=O) groups excluding carboxylic acids is 3. The van der Waals surface area contributed by atoms with E-state index in [2.05, 4.69) is 31.9 Å². The minimum absolute atomic E-state index is 0.0226. The average Bonchev–Trinajstić information content (AvgIpc) is 3.19. The topological polar surface area (TPSA) is 101 Å². The molecule has 3 amide bonds. The van der Waals surface area contributed by atoms with Crippen LogP contribution >= 0.6 is 15.9 Å². The Morgan fingerprint density at radius 3 is 2.56 bits per heavy atom. The highest BCUT2D eigenvalue weighted by Gasteiger charge is 2.39. The molecule has 1 saturated heterocycles. The molecular formula is C17H21BrN6O3. The number of likely N-dealkylation sites (tertiary alicyclic amines) is 1. The number of amides is 3. The lowest BCUT2D eigenvalue weighted by atomic mass is 9.85. The zero-order valence-corrected chi connectivity index (χ0v) is 16.9. The van der Waals surface area contributed by atoms with Crippen LogP contribution in [-0.2, 0) is 23.7 Å². The summed E-state index contributed by atoms with van der Waals surface area (Å²) in [6.07, 6.45) is 5.88. The smallest absolute Gasteiger partial charge is 0.286 e. The van der Waals surface area contributed by atoms with E-state index in [1.165, 1.54) is 0 Å². The monoisotopic (exact) mass is 436 g/mol. The lowest BCUT2D eigenvalue weighted by Crippen LogP contribution is -2.50. The van der Waals surface area contributed by atoms with E-state index < -0.39 is 17.9 Å². The van der Waals surface area contributed by atoms with Gasteiger partial charge in [0.15, 0.2) is 0 Å². The Kier molecular flexibility index (Phi) is 5.36. The summed E-state index contributed by atoms with van der Waals surface area (Å²) in [6, 6.07) is 1.23. The molecule has 3 rings (SSSR count). The molecule has 27 heavy (non-hydrogen) atoms. The Morgan fingerprint density at radius 1 is 1.22 bits per heavy atom. The van der Waals surface area contributed by atoms with Gasteiger partial charge in [-0.05, 0) is 28.4 Å².